The van der Waals surface area contributed by atoms with Gasteiger partial charge in [0.05, 0.1) is 18.9 Å². The van der Waals surface area contributed by atoms with Gasteiger partial charge in [0.1, 0.15) is 5.82 Å². The van der Waals surface area contributed by atoms with E-state index in [9.17, 15) is 4.79 Å². The van der Waals surface area contributed by atoms with Gasteiger partial charge in [0, 0.05) is 37.8 Å². The van der Waals surface area contributed by atoms with Gasteiger partial charge in [-0.25, -0.2) is 4.98 Å². The molecular formula is C25H28N4O2. The van der Waals surface area contributed by atoms with Crippen LogP contribution in [-0.2, 0) is 24.4 Å². The summed E-state index contributed by atoms with van der Waals surface area (Å²) in [5.74, 6) is 0.764. The third kappa shape index (κ3) is 4.40. The number of fused-ring (bicyclic) bond motifs is 1. The van der Waals surface area contributed by atoms with Gasteiger partial charge in [0.2, 0.25) is 0 Å². The number of ether oxygens (including phenoxy) is 1. The Labute approximate surface area is 182 Å². The molecule has 2 aliphatic rings. The number of benzene rings is 2. The first-order chi connectivity index (χ1) is 15.3. The molecule has 0 spiro atoms. The number of hydrogen-bond donors (Lipinski definition) is 1. The molecule has 6 nitrogen and oxygen atoms in total. The fourth-order valence-corrected chi connectivity index (χ4v) is 4.52. The van der Waals surface area contributed by atoms with Gasteiger partial charge in [-0.05, 0) is 18.4 Å². The molecule has 1 saturated heterocycles. The molecule has 0 aliphatic carbocycles. The van der Waals surface area contributed by atoms with Crippen LogP contribution in [0.25, 0.3) is 11.4 Å². The molecule has 0 saturated carbocycles. The highest BCUT2D eigenvalue weighted by molar-refractivity contribution is 5.94. The van der Waals surface area contributed by atoms with Gasteiger partial charge in [-0.2, -0.15) is 0 Å². The number of carbonyl (C=O) groups excluding carboxylic acids is 1. The van der Waals surface area contributed by atoms with Crippen molar-refractivity contribution < 1.29 is 9.53 Å². The molecule has 3 aromatic rings. The molecule has 160 valence electrons. The molecule has 0 bridgehead atoms. The fourth-order valence-electron chi connectivity index (χ4n) is 4.52. The number of amides is 1. The predicted octanol–water partition coefficient (Wildman–Crippen LogP) is 3.47. The van der Waals surface area contributed by atoms with Gasteiger partial charge in [-0.1, -0.05) is 60.7 Å². The van der Waals surface area contributed by atoms with Gasteiger partial charge in [-0.15, -0.1) is 0 Å². The largest absolute Gasteiger partial charge is 0.373 e. The van der Waals surface area contributed by atoms with E-state index >= 15 is 0 Å². The zero-order chi connectivity index (χ0) is 21.0. The molecule has 1 N–H and O–H groups in total. The molecule has 3 heterocycles. The van der Waals surface area contributed by atoms with Crippen LogP contribution in [0.15, 0.2) is 60.7 Å². The highest BCUT2D eigenvalue weighted by Crippen LogP contribution is 2.26. The van der Waals surface area contributed by atoms with Crippen LogP contribution in [0.3, 0.4) is 0 Å². The smallest absolute Gasteiger partial charge is 0.272 e. The Bertz CT molecular complexity index is 1020. The minimum atomic E-state index is -0.0852. The van der Waals surface area contributed by atoms with E-state index < -0.39 is 0 Å². The maximum atomic E-state index is 13.1. The van der Waals surface area contributed by atoms with E-state index in [1.54, 1.807) is 0 Å². The average Bonchev–Trinajstić information content (AvgIpc) is 3.22. The monoisotopic (exact) mass is 416 g/mol. The summed E-state index contributed by atoms with van der Waals surface area (Å²) in [5.41, 5.74) is 3.75. The molecule has 0 radical (unpaired) electrons. The lowest BCUT2D eigenvalue weighted by molar-refractivity contribution is 0.0804. The minimum absolute atomic E-state index is 0.0852. The highest BCUT2D eigenvalue weighted by Gasteiger charge is 2.28. The van der Waals surface area contributed by atoms with E-state index in [-0.39, 0.29) is 11.9 Å². The molecule has 0 unspecified atom stereocenters. The van der Waals surface area contributed by atoms with Crippen molar-refractivity contribution in [1.82, 2.24) is 19.8 Å². The third-order valence-corrected chi connectivity index (χ3v) is 6.19. The summed E-state index contributed by atoms with van der Waals surface area (Å²) in [6.07, 6.45) is 1.91. The Morgan fingerprint density at radius 2 is 1.71 bits per heavy atom. The molecule has 1 fully saturated rings. The van der Waals surface area contributed by atoms with Crippen LogP contribution < -0.4 is 5.32 Å². The van der Waals surface area contributed by atoms with Gasteiger partial charge in [-0.3, -0.25) is 9.69 Å². The normalized spacial score (nSPS) is 17.3. The number of carbonyl (C=O) groups is 1. The van der Waals surface area contributed by atoms with Crippen molar-refractivity contribution in [2.45, 2.75) is 38.6 Å². The highest BCUT2D eigenvalue weighted by atomic mass is 16.5. The van der Waals surface area contributed by atoms with E-state index in [0.717, 1.165) is 56.1 Å². The average molecular weight is 417 g/mol. The first-order valence-corrected chi connectivity index (χ1v) is 11.1. The SMILES string of the molecule is O=C(NC1CCN(Cc2ccccc2)CC1)c1nc(-c2ccccc2)n2c1COCC2. The van der Waals surface area contributed by atoms with E-state index in [1.807, 2.05) is 36.4 Å². The topological polar surface area (TPSA) is 59.4 Å². The number of rotatable bonds is 5. The Kier molecular flexibility index (Phi) is 5.82. The third-order valence-electron chi connectivity index (χ3n) is 6.19. The van der Waals surface area contributed by atoms with Gasteiger partial charge < -0.3 is 14.6 Å². The predicted molar refractivity (Wildman–Crippen MR) is 120 cm³/mol. The van der Waals surface area contributed by atoms with Crippen LogP contribution in [0.2, 0.25) is 0 Å². The maximum Gasteiger partial charge on any atom is 0.272 e. The van der Waals surface area contributed by atoms with Gasteiger partial charge in [0.15, 0.2) is 5.69 Å². The summed E-state index contributed by atoms with van der Waals surface area (Å²) in [6.45, 7) is 4.73. The summed E-state index contributed by atoms with van der Waals surface area (Å²) in [6, 6.07) is 20.8. The number of likely N-dealkylation sites (tertiary alicyclic amines) is 1. The van der Waals surface area contributed by atoms with Crippen molar-refractivity contribution in [3.05, 3.63) is 77.6 Å². The van der Waals surface area contributed by atoms with Crippen LogP contribution in [-0.4, -0.2) is 46.1 Å². The number of aromatic nitrogens is 2. The molecule has 6 heteroatoms. The minimum Gasteiger partial charge on any atom is -0.373 e. The first-order valence-electron chi connectivity index (χ1n) is 11.1. The van der Waals surface area contributed by atoms with E-state index in [0.29, 0.717) is 18.9 Å². The first kappa shape index (κ1) is 20.0. The zero-order valence-electron chi connectivity index (χ0n) is 17.7. The molecule has 0 atom stereocenters. The quantitative estimate of drug-likeness (QED) is 0.692. The van der Waals surface area contributed by atoms with Crippen molar-refractivity contribution >= 4 is 5.91 Å². The molecule has 5 rings (SSSR count). The number of piperidine rings is 1. The van der Waals surface area contributed by atoms with Gasteiger partial charge in [0.25, 0.3) is 5.91 Å². The molecule has 2 aromatic carbocycles. The molecule has 1 aromatic heterocycles. The van der Waals surface area contributed by atoms with E-state index in [4.69, 9.17) is 9.72 Å². The Morgan fingerprint density at radius 1 is 1.00 bits per heavy atom. The van der Waals surface area contributed by atoms with Gasteiger partial charge >= 0.3 is 0 Å². The molecule has 1 amide bonds. The summed E-state index contributed by atoms with van der Waals surface area (Å²) in [4.78, 5) is 20.4. The van der Waals surface area contributed by atoms with Crippen LogP contribution >= 0.6 is 0 Å². The second-order valence-electron chi connectivity index (χ2n) is 8.31. The van der Waals surface area contributed by atoms with Crippen LogP contribution in [0.1, 0.15) is 34.6 Å². The number of hydrogen-bond acceptors (Lipinski definition) is 4. The zero-order valence-corrected chi connectivity index (χ0v) is 17.7. The standard InChI is InChI=1S/C25H28N4O2/c30-25(26-21-11-13-28(14-12-21)17-19-7-3-1-4-8-19)23-22-18-31-16-15-29(22)24(27-23)20-9-5-2-6-10-20/h1-10,21H,11-18H2,(H,26,30). The number of nitrogens with one attached hydrogen (secondary N) is 1. The lowest BCUT2D eigenvalue weighted by Gasteiger charge is -2.32. The number of imidazole rings is 1. The van der Waals surface area contributed by atoms with Crippen LogP contribution in [0.4, 0.5) is 0 Å². The van der Waals surface area contributed by atoms with Crippen molar-refractivity contribution in [2.75, 3.05) is 19.7 Å². The summed E-state index contributed by atoms with van der Waals surface area (Å²) in [5, 5.41) is 3.24. The van der Waals surface area contributed by atoms with Crippen molar-refractivity contribution in [3.8, 4) is 11.4 Å². The number of nitrogens with zero attached hydrogens (tertiary/aromatic N) is 3. The fraction of sp³-hybridized carbons (Fsp3) is 0.360. The van der Waals surface area contributed by atoms with E-state index in [2.05, 4.69) is 39.0 Å². The van der Waals surface area contributed by atoms with Crippen molar-refractivity contribution in [2.24, 2.45) is 0 Å². The Morgan fingerprint density at radius 3 is 2.45 bits per heavy atom. The van der Waals surface area contributed by atoms with Crippen LogP contribution in [0, 0.1) is 0 Å². The van der Waals surface area contributed by atoms with Crippen molar-refractivity contribution in [1.29, 1.82) is 0 Å². The van der Waals surface area contributed by atoms with Crippen LogP contribution in [0.5, 0.6) is 0 Å². The Hall–Kier alpha value is -2.96. The molecule has 2 aliphatic heterocycles. The van der Waals surface area contributed by atoms with Crippen molar-refractivity contribution in [3.63, 3.8) is 0 Å². The lowest BCUT2D eigenvalue weighted by Crippen LogP contribution is -2.44. The molecule has 31 heavy (non-hydrogen) atoms. The lowest BCUT2D eigenvalue weighted by atomic mass is 10.0. The summed E-state index contributed by atoms with van der Waals surface area (Å²) in [7, 11) is 0. The maximum absolute atomic E-state index is 13.1. The Balaban J connectivity index is 1.26. The molecular weight excluding hydrogens is 388 g/mol. The second kappa shape index (κ2) is 9.04. The van der Waals surface area contributed by atoms with E-state index in [1.165, 1.54) is 5.56 Å². The summed E-state index contributed by atoms with van der Waals surface area (Å²) >= 11 is 0. The second-order valence-corrected chi connectivity index (χ2v) is 8.31. The summed E-state index contributed by atoms with van der Waals surface area (Å²) < 4.78 is 7.78.